The van der Waals surface area contributed by atoms with E-state index in [0.29, 0.717) is 22.9 Å². The second-order valence-corrected chi connectivity index (χ2v) is 9.22. The van der Waals surface area contributed by atoms with Gasteiger partial charge in [0.15, 0.2) is 11.5 Å². The van der Waals surface area contributed by atoms with Gasteiger partial charge in [-0.3, -0.25) is 14.3 Å². The lowest BCUT2D eigenvalue weighted by Gasteiger charge is -2.16. The molecule has 1 aliphatic carbocycles. The molecule has 1 aliphatic rings. The number of imidazole rings is 1. The summed E-state index contributed by atoms with van der Waals surface area (Å²) in [4.78, 5) is 30.3. The number of fused-ring (bicyclic) bond motifs is 2. The summed E-state index contributed by atoms with van der Waals surface area (Å²) in [6, 6.07) is 16.0. The van der Waals surface area contributed by atoms with Crippen LogP contribution in [0.5, 0.6) is 0 Å². The van der Waals surface area contributed by atoms with E-state index in [-0.39, 0.29) is 23.2 Å². The van der Waals surface area contributed by atoms with Crippen molar-refractivity contribution in [1.82, 2.24) is 29.8 Å². The van der Waals surface area contributed by atoms with E-state index in [1.807, 2.05) is 47.9 Å². The molecule has 0 radical (unpaired) electrons. The van der Waals surface area contributed by atoms with Crippen LogP contribution in [0, 0.1) is 6.92 Å². The molecule has 0 spiro atoms. The zero-order valence-electron chi connectivity index (χ0n) is 20.4. The van der Waals surface area contributed by atoms with E-state index < -0.39 is 6.43 Å². The monoisotopic (exact) mass is 511 g/mol. The van der Waals surface area contributed by atoms with Crippen molar-refractivity contribution in [3.8, 4) is 17.1 Å². The van der Waals surface area contributed by atoms with Crippen LogP contribution in [-0.2, 0) is 6.42 Å². The Hall–Kier alpha value is -4.73. The van der Waals surface area contributed by atoms with Gasteiger partial charge in [-0.2, -0.15) is 0 Å². The normalized spacial score (nSPS) is 14.7. The second kappa shape index (κ2) is 9.29. The predicted octanol–water partition coefficient (Wildman–Crippen LogP) is 5.12. The van der Waals surface area contributed by atoms with Crippen molar-refractivity contribution in [3.63, 3.8) is 0 Å². The number of benzene rings is 1. The summed E-state index contributed by atoms with van der Waals surface area (Å²) in [5.41, 5.74) is 12.1. The highest BCUT2D eigenvalue weighted by molar-refractivity contribution is 5.94. The molecule has 1 aromatic carbocycles. The van der Waals surface area contributed by atoms with E-state index in [1.165, 1.54) is 18.3 Å². The maximum atomic E-state index is 12.8. The number of nitrogens with zero attached hydrogens (tertiary/aromatic N) is 5. The third-order valence-electron chi connectivity index (χ3n) is 6.76. The molecule has 5 aromatic rings. The van der Waals surface area contributed by atoms with Gasteiger partial charge in [-0.1, -0.05) is 6.07 Å². The number of nitrogens with two attached hydrogens (primary N) is 1. The number of carbonyl (C=O) groups is 1. The van der Waals surface area contributed by atoms with Crippen LogP contribution in [0.4, 0.5) is 14.6 Å². The fourth-order valence-electron chi connectivity index (χ4n) is 4.89. The molecular formula is C28H23F2N7O. The number of aromatic nitrogens is 5. The van der Waals surface area contributed by atoms with Crippen LogP contribution in [0.3, 0.4) is 0 Å². The Balaban J connectivity index is 1.35. The summed E-state index contributed by atoms with van der Waals surface area (Å²) in [7, 11) is 0. The topological polar surface area (TPSA) is 112 Å². The number of rotatable bonds is 5. The molecule has 0 aliphatic heterocycles. The minimum Gasteiger partial charge on any atom is -0.383 e. The zero-order valence-corrected chi connectivity index (χ0v) is 20.4. The standard InChI is InChI=1S/C28H23F2N7O/c1-15-4-9-23-27(34-15)37(26(35-23)20-3-2-12-32-25(20)31)18-7-8-19-16(13-18)5-10-21(19)36-28(38)17-6-11-22(24(29)30)33-14-17/h2-4,6-9,11-14,21,24H,5,10H2,1H3,(H2,31,32)(H,36,38)/t21-/m0/s1. The number of amides is 1. The van der Waals surface area contributed by atoms with Gasteiger partial charge in [0.1, 0.15) is 17.0 Å². The van der Waals surface area contributed by atoms with Crippen LogP contribution in [0.25, 0.3) is 28.2 Å². The average molecular weight is 512 g/mol. The molecule has 0 bridgehead atoms. The Kier molecular flexibility index (Phi) is 5.79. The van der Waals surface area contributed by atoms with Gasteiger partial charge in [-0.15, -0.1) is 0 Å². The minimum atomic E-state index is -2.68. The Bertz CT molecular complexity index is 1680. The van der Waals surface area contributed by atoms with Crippen LogP contribution in [0.15, 0.2) is 67.0 Å². The molecular weight excluding hydrogens is 488 g/mol. The van der Waals surface area contributed by atoms with Crippen molar-refractivity contribution in [3.05, 3.63) is 95.1 Å². The molecule has 10 heteroatoms. The van der Waals surface area contributed by atoms with Crippen LogP contribution in [0.1, 0.15) is 51.8 Å². The number of hydrogen-bond donors (Lipinski definition) is 2. The molecule has 190 valence electrons. The number of pyridine rings is 3. The lowest BCUT2D eigenvalue weighted by atomic mass is 10.1. The molecule has 1 atom stereocenters. The van der Waals surface area contributed by atoms with E-state index in [4.69, 9.17) is 15.7 Å². The van der Waals surface area contributed by atoms with Crippen LogP contribution >= 0.6 is 0 Å². The third kappa shape index (κ3) is 4.13. The van der Waals surface area contributed by atoms with Gasteiger partial charge in [0.2, 0.25) is 0 Å². The molecule has 0 saturated carbocycles. The fraction of sp³-hybridized carbons (Fsp3) is 0.179. The third-order valence-corrected chi connectivity index (χ3v) is 6.76. The van der Waals surface area contributed by atoms with E-state index >= 15 is 0 Å². The van der Waals surface area contributed by atoms with Gasteiger partial charge in [0, 0.05) is 23.8 Å². The number of aryl methyl sites for hydroxylation is 2. The number of hydrogen-bond acceptors (Lipinski definition) is 6. The SMILES string of the molecule is Cc1ccc2nc(-c3cccnc3N)n(-c3ccc4c(c3)CC[C@@H]4NC(=O)c3ccc(C(F)F)nc3)c2n1. The number of anilines is 1. The molecule has 8 nitrogen and oxygen atoms in total. The number of alkyl halides is 2. The van der Waals surface area contributed by atoms with E-state index in [2.05, 4.69) is 21.4 Å². The molecule has 4 aromatic heterocycles. The average Bonchev–Trinajstić information content (AvgIpc) is 3.49. The van der Waals surface area contributed by atoms with Gasteiger partial charge in [-0.05, 0) is 79.4 Å². The second-order valence-electron chi connectivity index (χ2n) is 9.22. The lowest BCUT2D eigenvalue weighted by molar-refractivity contribution is 0.0935. The fourth-order valence-corrected chi connectivity index (χ4v) is 4.89. The summed E-state index contributed by atoms with van der Waals surface area (Å²) in [5, 5.41) is 3.01. The smallest absolute Gasteiger partial charge is 0.280 e. The van der Waals surface area contributed by atoms with Gasteiger partial charge in [0.25, 0.3) is 12.3 Å². The maximum absolute atomic E-state index is 12.8. The Morgan fingerprint density at radius 1 is 1.11 bits per heavy atom. The minimum absolute atomic E-state index is 0.199. The van der Waals surface area contributed by atoms with E-state index in [1.54, 1.807) is 6.20 Å². The summed E-state index contributed by atoms with van der Waals surface area (Å²) >= 11 is 0. The Morgan fingerprint density at radius 2 is 1.97 bits per heavy atom. The predicted molar refractivity (Wildman–Crippen MR) is 139 cm³/mol. The number of nitrogen functional groups attached to an aromatic ring is 1. The lowest BCUT2D eigenvalue weighted by Crippen LogP contribution is -2.27. The van der Waals surface area contributed by atoms with Crippen LogP contribution < -0.4 is 11.1 Å². The zero-order chi connectivity index (χ0) is 26.4. The molecule has 6 rings (SSSR count). The summed E-state index contributed by atoms with van der Waals surface area (Å²) in [6.45, 7) is 1.93. The first-order valence-corrected chi connectivity index (χ1v) is 12.1. The number of nitrogens with one attached hydrogen (secondary N) is 1. The molecule has 0 fully saturated rings. The van der Waals surface area contributed by atoms with Crippen molar-refractivity contribution in [2.75, 3.05) is 5.73 Å². The van der Waals surface area contributed by atoms with Crippen molar-refractivity contribution in [2.24, 2.45) is 0 Å². The molecule has 0 unspecified atom stereocenters. The van der Waals surface area contributed by atoms with E-state index in [9.17, 15) is 13.6 Å². The van der Waals surface area contributed by atoms with Crippen molar-refractivity contribution < 1.29 is 13.6 Å². The molecule has 0 saturated heterocycles. The van der Waals surface area contributed by atoms with Crippen molar-refractivity contribution in [1.29, 1.82) is 0 Å². The van der Waals surface area contributed by atoms with Crippen molar-refractivity contribution in [2.45, 2.75) is 32.2 Å². The molecule has 38 heavy (non-hydrogen) atoms. The largest absolute Gasteiger partial charge is 0.383 e. The van der Waals surface area contributed by atoms with E-state index in [0.717, 1.165) is 40.9 Å². The molecule has 1 amide bonds. The quantitative estimate of drug-likeness (QED) is 0.339. The van der Waals surface area contributed by atoms with Crippen LogP contribution in [0.2, 0.25) is 0 Å². The molecule has 3 N–H and O–H groups in total. The summed E-state index contributed by atoms with van der Waals surface area (Å²) < 4.78 is 27.6. The maximum Gasteiger partial charge on any atom is 0.280 e. The number of halogens is 2. The summed E-state index contributed by atoms with van der Waals surface area (Å²) in [5.74, 6) is 0.668. The Morgan fingerprint density at radius 3 is 2.74 bits per heavy atom. The van der Waals surface area contributed by atoms with Crippen molar-refractivity contribution >= 4 is 22.9 Å². The Labute approximate surface area is 216 Å². The highest BCUT2D eigenvalue weighted by Crippen LogP contribution is 2.36. The highest BCUT2D eigenvalue weighted by atomic mass is 19.3. The van der Waals surface area contributed by atoms with Gasteiger partial charge >= 0.3 is 0 Å². The van der Waals surface area contributed by atoms with Gasteiger partial charge in [-0.25, -0.2) is 23.7 Å². The first kappa shape index (κ1) is 23.7. The molecule has 4 heterocycles. The first-order chi connectivity index (χ1) is 18.4. The number of carbonyl (C=O) groups excluding carboxylic acids is 1. The van der Waals surface area contributed by atoms with Gasteiger partial charge in [0.05, 0.1) is 17.2 Å². The van der Waals surface area contributed by atoms with Crippen LogP contribution in [-0.4, -0.2) is 30.4 Å². The van der Waals surface area contributed by atoms with Gasteiger partial charge < -0.3 is 11.1 Å². The first-order valence-electron chi connectivity index (χ1n) is 12.1. The highest BCUT2D eigenvalue weighted by Gasteiger charge is 2.26. The summed E-state index contributed by atoms with van der Waals surface area (Å²) in [6.07, 6.45) is 1.63.